The molecule has 0 aromatic carbocycles. The highest BCUT2D eigenvalue weighted by atomic mass is 127. The van der Waals surface area contributed by atoms with Crippen LogP contribution in [0.4, 0.5) is 0 Å². The summed E-state index contributed by atoms with van der Waals surface area (Å²) in [5, 5.41) is 0. The van der Waals surface area contributed by atoms with Crippen LogP contribution in [0.3, 0.4) is 0 Å². The Labute approximate surface area is 112 Å². The zero-order valence-electron chi connectivity index (χ0n) is 9.58. The number of halogens is 1. The van der Waals surface area contributed by atoms with Crippen molar-refractivity contribution in [2.24, 2.45) is 0 Å². The number of aromatic nitrogens is 2. The van der Waals surface area contributed by atoms with E-state index in [0.29, 0.717) is 0 Å². The van der Waals surface area contributed by atoms with E-state index in [0.717, 1.165) is 15.0 Å². The van der Waals surface area contributed by atoms with Gasteiger partial charge in [-0.25, -0.2) is 0 Å². The van der Waals surface area contributed by atoms with E-state index < -0.39 is 0 Å². The maximum absolute atomic E-state index is 10.8. The molecular weight excluding hydrogens is 331 g/mol. The number of pyridine rings is 2. The van der Waals surface area contributed by atoms with Crippen LogP contribution in [0.15, 0.2) is 40.2 Å². The molecule has 0 spiro atoms. The van der Waals surface area contributed by atoms with Gasteiger partial charge in [0.15, 0.2) is 10.9 Å². The number of aromatic amines is 2. The van der Waals surface area contributed by atoms with E-state index in [9.17, 15) is 9.59 Å². The van der Waals surface area contributed by atoms with Crippen LogP contribution in [0.5, 0.6) is 0 Å². The lowest BCUT2D eigenvalue weighted by Gasteiger charge is -1.92. The van der Waals surface area contributed by atoms with E-state index >= 15 is 0 Å². The van der Waals surface area contributed by atoms with Crippen molar-refractivity contribution in [3.63, 3.8) is 0 Å². The van der Waals surface area contributed by atoms with Crippen LogP contribution in [-0.2, 0) is 0 Å². The number of aryl methyl sites for hydroxylation is 2. The van der Waals surface area contributed by atoms with Crippen LogP contribution in [0.25, 0.3) is 0 Å². The van der Waals surface area contributed by atoms with Crippen molar-refractivity contribution in [1.29, 1.82) is 0 Å². The lowest BCUT2D eigenvalue weighted by Crippen LogP contribution is -2.05. The fraction of sp³-hybridized carbons (Fsp3) is 0.167. The Morgan fingerprint density at radius 3 is 2.12 bits per heavy atom. The van der Waals surface area contributed by atoms with Gasteiger partial charge in [0.2, 0.25) is 0 Å². The Kier molecular flexibility index (Phi) is 5.14. The first kappa shape index (κ1) is 13.7. The number of hydrogen-bond donors (Lipinski definition) is 2. The maximum atomic E-state index is 10.8. The third kappa shape index (κ3) is 4.56. The summed E-state index contributed by atoms with van der Waals surface area (Å²) in [6.07, 6.45) is 3.29. The molecule has 5 heteroatoms. The quantitative estimate of drug-likeness (QED) is 0.718. The molecule has 0 saturated carbocycles. The largest absolute Gasteiger partial charge is 0.365 e. The zero-order chi connectivity index (χ0) is 12.8. The van der Waals surface area contributed by atoms with E-state index in [1.54, 1.807) is 18.5 Å². The van der Waals surface area contributed by atoms with Crippen LogP contribution in [0.1, 0.15) is 11.4 Å². The van der Waals surface area contributed by atoms with Crippen molar-refractivity contribution >= 4 is 22.6 Å². The molecule has 0 atom stereocenters. The van der Waals surface area contributed by atoms with Gasteiger partial charge < -0.3 is 9.97 Å². The highest BCUT2D eigenvalue weighted by Crippen LogP contribution is 1.99. The van der Waals surface area contributed by atoms with Gasteiger partial charge in [0.05, 0.1) is 3.57 Å². The lowest BCUT2D eigenvalue weighted by atomic mass is 10.4. The van der Waals surface area contributed by atoms with Crippen molar-refractivity contribution in [1.82, 2.24) is 9.97 Å². The molecule has 0 fully saturated rings. The molecule has 2 heterocycles. The molecule has 0 aliphatic rings. The van der Waals surface area contributed by atoms with Gasteiger partial charge in [-0.3, -0.25) is 9.59 Å². The first-order valence-corrected chi connectivity index (χ1v) is 6.07. The lowest BCUT2D eigenvalue weighted by molar-refractivity contribution is 1.16. The van der Waals surface area contributed by atoms with E-state index in [2.05, 4.69) is 9.97 Å². The molecule has 0 bridgehead atoms. The van der Waals surface area contributed by atoms with Gasteiger partial charge in [0.25, 0.3) is 0 Å². The molecule has 0 unspecified atom stereocenters. The molecule has 2 N–H and O–H groups in total. The fourth-order valence-corrected chi connectivity index (χ4v) is 1.46. The van der Waals surface area contributed by atoms with Gasteiger partial charge in [0.1, 0.15) is 0 Å². The van der Waals surface area contributed by atoms with Crippen molar-refractivity contribution in [3.8, 4) is 0 Å². The van der Waals surface area contributed by atoms with E-state index in [-0.39, 0.29) is 10.9 Å². The van der Waals surface area contributed by atoms with Gasteiger partial charge in [0, 0.05) is 42.0 Å². The molecule has 0 aliphatic heterocycles. The Hall–Kier alpha value is -1.37. The maximum Gasteiger partial charge on any atom is 0.195 e. The molecule has 17 heavy (non-hydrogen) atoms. The van der Waals surface area contributed by atoms with Gasteiger partial charge in [-0.15, -0.1) is 0 Å². The SMILES string of the molecule is Cc1[nH]ccc(=O)c1I.Cc1cc(=O)cc[nH]1. The topological polar surface area (TPSA) is 65.7 Å². The predicted molar refractivity (Wildman–Crippen MR) is 76.3 cm³/mol. The summed E-state index contributed by atoms with van der Waals surface area (Å²) in [4.78, 5) is 27.1. The molecule has 2 aromatic heterocycles. The molecule has 4 nitrogen and oxygen atoms in total. The molecule has 90 valence electrons. The van der Waals surface area contributed by atoms with Crippen molar-refractivity contribution in [2.45, 2.75) is 13.8 Å². The summed E-state index contributed by atoms with van der Waals surface area (Å²) in [5.74, 6) is 0. The Balaban J connectivity index is 0.000000171. The number of nitrogens with one attached hydrogen (secondary N) is 2. The van der Waals surface area contributed by atoms with E-state index in [1.807, 2.05) is 36.4 Å². The van der Waals surface area contributed by atoms with E-state index in [4.69, 9.17) is 0 Å². The first-order valence-electron chi connectivity index (χ1n) is 5.00. The molecular formula is C12H13IN2O2. The summed E-state index contributed by atoms with van der Waals surface area (Å²) >= 11 is 2.03. The van der Waals surface area contributed by atoms with Gasteiger partial charge >= 0.3 is 0 Å². The first-order chi connectivity index (χ1) is 8.00. The van der Waals surface area contributed by atoms with E-state index in [1.165, 1.54) is 12.1 Å². The number of hydrogen-bond acceptors (Lipinski definition) is 2. The van der Waals surface area contributed by atoms with Crippen LogP contribution in [-0.4, -0.2) is 9.97 Å². The average Bonchev–Trinajstić information content (AvgIpc) is 2.26. The minimum atomic E-state index is 0.0567. The summed E-state index contributed by atoms with van der Waals surface area (Å²) < 4.78 is 0.773. The van der Waals surface area contributed by atoms with Crippen LogP contribution in [0.2, 0.25) is 0 Å². The second-order valence-electron chi connectivity index (χ2n) is 3.49. The highest BCUT2D eigenvalue weighted by Gasteiger charge is 1.94. The second-order valence-corrected chi connectivity index (χ2v) is 4.57. The average molecular weight is 344 g/mol. The summed E-state index contributed by atoms with van der Waals surface area (Å²) in [6.45, 7) is 3.73. The fourth-order valence-electron chi connectivity index (χ4n) is 1.12. The predicted octanol–water partition coefficient (Wildman–Crippen LogP) is 1.97. The number of H-pyrrole nitrogens is 2. The van der Waals surface area contributed by atoms with Crippen LogP contribution < -0.4 is 10.9 Å². The second kappa shape index (κ2) is 6.39. The minimum Gasteiger partial charge on any atom is -0.365 e. The van der Waals surface area contributed by atoms with Gasteiger partial charge in [-0.05, 0) is 36.4 Å². The Bertz CT molecular complexity index is 602. The van der Waals surface area contributed by atoms with Crippen LogP contribution >= 0.6 is 22.6 Å². The Morgan fingerprint density at radius 1 is 1.06 bits per heavy atom. The molecule has 0 aliphatic carbocycles. The zero-order valence-corrected chi connectivity index (χ0v) is 11.7. The monoisotopic (exact) mass is 344 g/mol. The molecule has 2 rings (SSSR count). The van der Waals surface area contributed by atoms with Crippen molar-refractivity contribution in [3.05, 3.63) is 66.0 Å². The van der Waals surface area contributed by atoms with Crippen molar-refractivity contribution < 1.29 is 0 Å². The van der Waals surface area contributed by atoms with Gasteiger partial charge in [-0.2, -0.15) is 0 Å². The number of rotatable bonds is 0. The third-order valence-electron chi connectivity index (χ3n) is 2.00. The van der Waals surface area contributed by atoms with Gasteiger partial charge in [-0.1, -0.05) is 0 Å². The highest BCUT2D eigenvalue weighted by molar-refractivity contribution is 14.1. The standard InChI is InChI=1S/C6H6INO.C6H7NO/c1-4-6(7)5(9)2-3-8-4;1-5-4-6(8)2-3-7-5/h2-3H,1H3,(H,8,9);2-4H,1H3,(H,7,8). The van der Waals surface area contributed by atoms with Crippen molar-refractivity contribution in [2.75, 3.05) is 0 Å². The summed E-state index contributed by atoms with van der Waals surface area (Å²) in [7, 11) is 0. The molecule has 0 amide bonds. The van der Waals surface area contributed by atoms with Crippen LogP contribution in [0, 0.1) is 17.4 Å². The molecule has 0 radical (unpaired) electrons. The molecule has 0 saturated heterocycles. The summed E-state index contributed by atoms with van der Waals surface area (Å²) in [6, 6.07) is 4.57. The third-order valence-corrected chi connectivity index (χ3v) is 3.34. The summed E-state index contributed by atoms with van der Waals surface area (Å²) in [5.41, 5.74) is 1.98. The Morgan fingerprint density at radius 2 is 1.71 bits per heavy atom. The minimum absolute atomic E-state index is 0.0567. The molecule has 2 aromatic rings. The normalized spacial score (nSPS) is 9.35. The smallest absolute Gasteiger partial charge is 0.195 e.